The molecular formula is C10H24N4O2S. The molecule has 0 radical (unpaired) electrons. The molecule has 0 aromatic carbocycles. The standard InChI is InChI=1S/C10H24N4O2S/c1-10(4-5-11)13-6-8-14(9-7-13)17(15,16)12(2)3/h10H,4-9,11H2,1-3H3. The molecule has 1 atom stereocenters. The van der Waals surface area contributed by atoms with Gasteiger partial charge in [0.2, 0.25) is 0 Å². The Labute approximate surface area is 105 Å². The van der Waals surface area contributed by atoms with Crippen molar-refractivity contribution in [3.8, 4) is 0 Å². The number of nitrogens with zero attached hydrogens (tertiary/aromatic N) is 3. The molecule has 1 heterocycles. The van der Waals surface area contributed by atoms with Crippen LogP contribution in [0.3, 0.4) is 0 Å². The van der Waals surface area contributed by atoms with Gasteiger partial charge in [0.25, 0.3) is 10.2 Å². The average molecular weight is 264 g/mol. The number of hydrogen-bond donors (Lipinski definition) is 1. The molecule has 1 aliphatic heterocycles. The minimum Gasteiger partial charge on any atom is -0.330 e. The molecule has 7 heteroatoms. The Morgan fingerprint density at radius 1 is 1.24 bits per heavy atom. The zero-order valence-electron chi connectivity index (χ0n) is 11.0. The minimum atomic E-state index is -3.25. The third kappa shape index (κ3) is 3.62. The highest BCUT2D eigenvalue weighted by atomic mass is 32.2. The summed E-state index contributed by atoms with van der Waals surface area (Å²) in [5.41, 5.74) is 5.53. The van der Waals surface area contributed by atoms with Crippen LogP contribution < -0.4 is 5.73 Å². The Balaban J connectivity index is 2.51. The van der Waals surface area contributed by atoms with Gasteiger partial charge < -0.3 is 5.73 Å². The van der Waals surface area contributed by atoms with Gasteiger partial charge in [0, 0.05) is 46.3 Å². The van der Waals surface area contributed by atoms with Gasteiger partial charge in [-0.25, -0.2) is 0 Å². The third-order valence-electron chi connectivity index (χ3n) is 3.27. The maximum atomic E-state index is 11.9. The zero-order valence-corrected chi connectivity index (χ0v) is 11.8. The molecule has 1 aliphatic rings. The highest BCUT2D eigenvalue weighted by Gasteiger charge is 2.29. The summed E-state index contributed by atoms with van der Waals surface area (Å²) in [6.07, 6.45) is 0.959. The fourth-order valence-corrected chi connectivity index (χ4v) is 3.12. The van der Waals surface area contributed by atoms with Crippen LogP contribution in [-0.4, -0.2) is 74.8 Å². The molecule has 102 valence electrons. The number of rotatable bonds is 5. The molecule has 1 rings (SSSR count). The molecule has 0 amide bonds. The molecule has 0 aromatic rings. The summed E-state index contributed by atoms with van der Waals surface area (Å²) in [6, 6.07) is 0.434. The molecule has 1 unspecified atom stereocenters. The lowest BCUT2D eigenvalue weighted by Crippen LogP contribution is -2.53. The van der Waals surface area contributed by atoms with Crippen LogP contribution in [0.5, 0.6) is 0 Å². The second kappa shape index (κ2) is 6.10. The van der Waals surface area contributed by atoms with Gasteiger partial charge in [0.05, 0.1) is 0 Å². The van der Waals surface area contributed by atoms with Gasteiger partial charge >= 0.3 is 0 Å². The lowest BCUT2D eigenvalue weighted by molar-refractivity contribution is 0.138. The molecule has 1 fully saturated rings. The van der Waals surface area contributed by atoms with Crippen molar-refractivity contribution in [1.82, 2.24) is 13.5 Å². The second-order valence-corrected chi connectivity index (χ2v) is 6.79. The van der Waals surface area contributed by atoms with E-state index in [9.17, 15) is 8.42 Å². The summed E-state index contributed by atoms with van der Waals surface area (Å²) in [4.78, 5) is 2.30. The largest absolute Gasteiger partial charge is 0.330 e. The Hall–Kier alpha value is -0.210. The van der Waals surface area contributed by atoms with Crippen molar-refractivity contribution in [3.05, 3.63) is 0 Å². The minimum absolute atomic E-state index is 0.434. The summed E-state index contributed by atoms with van der Waals surface area (Å²) in [5.74, 6) is 0. The van der Waals surface area contributed by atoms with E-state index >= 15 is 0 Å². The molecular weight excluding hydrogens is 240 g/mol. The maximum Gasteiger partial charge on any atom is 0.281 e. The molecule has 1 saturated heterocycles. The van der Waals surface area contributed by atoms with Crippen LogP contribution in [0.15, 0.2) is 0 Å². The zero-order chi connectivity index (χ0) is 13.1. The molecule has 0 saturated carbocycles. The third-order valence-corrected chi connectivity index (χ3v) is 5.21. The van der Waals surface area contributed by atoms with E-state index in [-0.39, 0.29) is 0 Å². The highest BCUT2D eigenvalue weighted by Crippen LogP contribution is 2.12. The summed E-state index contributed by atoms with van der Waals surface area (Å²) in [6.45, 7) is 5.52. The van der Waals surface area contributed by atoms with Gasteiger partial charge in [-0.05, 0) is 19.9 Å². The smallest absolute Gasteiger partial charge is 0.281 e. The van der Waals surface area contributed by atoms with E-state index in [4.69, 9.17) is 5.73 Å². The Kier molecular flexibility index (Phi) is 5.33. The summed E-state index contributed by atoms with van der Waals surface area (Å²) in [7, 11) is -0.110. The van der Waals surface area contributed by atoms with E-state index in [1.165, 1.54) is 4.31 Å². The quantitative estimate of drug-likeness (QED) is 0.702. The van der Waals surface area contributed by atoms with E-state index in [0.717, 1.165) is 19.5 Å². The highest BCUT2D eigenvalue weighted by molar-refractivity contribution is 7.86. The first-order valence-corrected chi connectivity index (χ1v) is 7.41. The molecule has 0 aliphatic carbocycles. The van der Waals surface area contributed by atoms with E-state index in [1.807, 2.05) is 0 Å². The first-order chi connectivity index (χ1) is 7.89. The molecule has 0 spiro atoms. The number of nitrogens with two attached hydrogens (primary N) is 1. The van der Waals surface area contributed by atoms with E-state index in [2.05, 4.69) is 11.8 Å². The lowest BCUT2D eigenvalue weighted by atomic mass is 10.2. The first-order valence-electron chi connectivity index (χ1n) is 6.01. The van der Waals surface area contributed by atoms with Gasteiger partial charge in [-0.1, -0.05) is 0 Å². The monoisotopic (exact) mass is 264 g/mol. The van der Waals surface area contributed by atoms with E-state index < -0.39 is 10.2 Å². The van der Waals surface area contributed by atoms with Crippen LogP contribution in [0, 0.1) is 0 Å². The van der Waals surface area contributed by atoms with Gasteiger partial charge in [0.1, 0.15) is 0 Å². The van der Waals surface area contributed by atoms with Gasteiger partial charge in [-0.3, -0.25) is 4.90 Å². The fraction of sp³-hybridized carbons (Fsp3) is 1.00. The van der Waals surface area contributed by atoms with Crippen LogP contribution in [0.1, 0.15) is 13.3 Å². The lowest BCUT2D eigenvalue weighted by Gasteiger charge is -2.38. The van der Waals surface area contributed by atoms with Crippen molar-refractivity contribution >= 4 is 10.2 Å². The maximum absolute atomic E-state index is 11.9. The van der Waals surface area contributed by atoms with Crippen molar-refractivity contribution in [1.29, 1.82) is 0 Å². The number of piperazine rings is 1. The van der Waals surface area contributed by atoms with Gasteiger partial charge in [-0.15, -0.1) is 0 Å². The summed E-state index contributed by atoms with van der Waals surface area (Å²) in [5, 5.41) is 0. The van der Waals surface area contributed by atoms with Gasteiger partial charge in [-0.2, -0.15) is 17.0 Å². The van der Waals surface area contributed by atoms with Crippen molar-refractivity contribution in [2.75, 3.05) is 46.8 Å². The van der Waals surface area contributed by atoms with E-state index in [1.54, 1.807) is 18.4 Å². The predicted octanol–water partition coefficient (Wildman–Crippen LogP) is -0.852. The normalized spacial score (nSPS) is 21.9. The van der Waals surface area contributed by atoms with Crippen LogP contribution >= 0.6 is 0 Å². The molecule has 0 bridgehead atoms. The topological polar surface area (TPSA) is 69.9 Å². The van der Waals surface area contributed by atoms with Crippen LogP contribution in [-0.2, 0) is 10.2 Å². The van der Waals surface area contributed by atoms with Crippen LogP contribution in [0.4, 0.5) is 0 Å². The summed E-state index contributed by atoms with van der Waals surface area (Å²) < 4.78 is 26.6. The van der Waals surface area contributed by atoms with E-state index in [0.29, 0.717) is 25.7 Å². The van der Waals surface area contributed by atoms with Crippen molar-refractivity contribution in [2.45, 2.75) is 19.4 Å². The molecule has 0 aromatic heterocycles. The molecule has 6 nitrogen and oxygen atoms in total. The SMILES string of the molecule is CC(CCN)N1CCN(S(=O)(=O)N(C)C)CC1. The van der Waals surface area contributed by atoms with Crippen LogP contribution in [0.25, 0.3) is 0 Å². The fourth-order valence-electron chi connectivity index (χ4n) is 2.03. The average Bonchev–Trinajstić information content (AvgIpc) is 2.29. The Morgan fingerprint density at radius 2 is 1.76 bits per heavy atom. The number of hydrogen-bond acceptors (Lipinski definition) is 4. The molecule has 17 heavy (non-hydrogen) atoms. The second-order valence-electron chi connectivity index (χ2n) is 4.65. The first kappa shape index (κ1) is 14.8. The summed E-state index contributed by atoms with van der Waals surface area (Å²) >= 11 is 0. The van der Waals surface area contributed by atoms with Gasteiger partial charge in [0.15, 0.2) is 0 Å². The van der Waals surface area contributed by atoms with Crippen molar-refractivity contribution in [3.63, 3.8) is 0 Å². The Morgan fingerprint density at radius 3 is 2.18 bits per heavy atom. The van der Waals surface area contributed by atoms with Crippen molar-refractivity contribution in [2.24, 2.45) is 5.73 Å². The predicted molar refractivity (Wildman–Crippen MR) is 68.9 cm³/mol. The van der Waals surface area contributed by atoms with Crippen LogP contribution in [0.2, 0.25) is 0 Å². The molecule has 2 N–H and O–H groups in total. The van der Waals surface area contributed by atoms with Crippen molar-refractivity contribution < 1.29 is 8.42 Å². The Bertz CT molecular complexity index is 323.